The molecule has 0 fully saturated rings. The zero-order valence-electron chi connectivity index (χ0n) is 16.3. The molecule has 3 rings (SSSR count). The summed E-state index contributed by atoms with van der Waals surface area (Å²) in [6, 6.07) is 15.9. The monoisotopic (exact) mass is 396 g/mol. The molecule has 0 unspecified atom stereocenters. The van der Waals surface area contributed by atoms with Gasteiger partial charge in [0.1, 0.15) is 9.88 Å². The Bertz CT molecular complexity index is 938. The smallest absolute Gasteiger partial charge is 0.263 e. The molecule has 0 atom stereocenters. The number of aromatic nitrogens is 1. The van der Waals surface area contributed by atoms with Gasteiger partial charge in [0, 0.05) is 12.1 Å². The maximum Gasteiger partial charge on any atom is 0.263 e. The minimum atomic E-state index is -0.0743. The van der Waals surface area contributed by atoms with Crippen LogP contribution in [0.2, 0.25) is 0 Å². The van der Waals surface area contributed by atoms with E-state index < -0.39 is 0 Å². The number of aryl methyl sites for hydroxylation is 2. The van der Waals surface area contributed by atoms with Crippen molar-refractivity contribution in [1.29, 1.82) is 0 Å². The fraction of sp³-hybridized carbons (Fsp3) is 0.273. The highest BCUT2D eigenvalue weighted by Crippen LogP contribution is 2.34. The van der Waals surface area contributed by atoms with Crippen LogP contribution in [-0.4, -0.2) is 31.7 Å². The summed E-state index contributed by atoms with van der Waals surface area (Å²) in [6.07, 6.45) is 1.84. The number of thiazole rings is 1. The van der Waals surface area contributed by atoms with E-state index in [0.717, 1.165) is 29.1 Å². The molecule has 0 radical (unpaired) electrons. The third kappa shape index (κ3) is 4.70. The topological polar surface area (TPSA) is 60.5 Å². The van der Waals surface area contributed by atoms with Crippen LogP contribution in [0.25, 0.3) is 10.6 Å². The van der Waals surface area contributed by atoms with Gasteiger partial charge in [0.05, 0.1) is 19.9 Å². The number of benzene rings is 2. The van der Waals surface area contributed by atoms with Crippen molar-refractivity contribution in [3.8, 4) is 22.1 Å². The Kier molecular flexibility index (Phi) is 6.66. The predicted octanol–water partition coefficient (Wildman–Crippen LogP) is 4.50. The van der Waals surface area contributed by atoms with Crippen molar-refractivity contribution in [2.75, 3.05) is 20.8 Å². The van der Waals surface area contributed by atoms with E-state index in [2.05, 4.69) is 22.4 Å². The van der Waals surface area contributed by atoms with Gasteiger partial charge >= 0.3 is 0 Å². The second-order valence-corrected chi connectivity index (χ2v) is 7.35. The van der Waals surface area contributed by atoms with E-state index >= 15 is 0 Å². The van der Waals surface area contributed by atoms with E-state index in [9.17, 15) is 4.79 Å². The lowest BCUT2D eigenvalue weighted by Crippen LogP contribution is -2.24. The molecule has 3 aromatic rings. The van der Waals surface area contributed by atoms with E-state index in [-0.39, 0.29) is 5.91 Å². The number of hydrogen-bond donors (Lipinski definition) is 1. The molecule has 1 amide bonds. The van der Waals surface area contributed by atoms with Crippen LogP contribution in [-0.2, 0) is 6.42 Å². The molecule has 5 nitrogen and oxygen atoms in total. The van der Waals surface area contributed by atoms with Crippen molar-refractivity contribution in [2.24, 2.45) is 0 Å². The number of nitrogens with one attached hydrogen (secondary N) is 1. The van der Waals surface area contributed by atoms with Crippen molar-refractivity contribution >= 4 is 17.2 Å². The van der Waals surface area contributed by atoms with E-state index in [4.69, 9.17) is 9.47 Å². The Morgan fingerprint density at radius 1 is 1.07 bits per heavy atom. The summed E-state index contributed by atoms with van der Waals surface area (Å²) in [5, 5.41) is 3.79. The first-order valence-electron chi connectivity index (χ1n) is 9.14. The number of rotatable bonds is 8. The Morgan fingerprint density at radius 2 is 1.82 bits per heavy atom. The van der Waals surface area contributed by atoms with Gasteiger partial charge in [-0.3, -0.25) is 4.79 Å². The van der Waals surface area contributed by atoms with E-state index in [1.807, 2.05) is 43.3 Å². The standard InChI is InChI=1S/C22H24N2O3S/c1-15-20(21(25)23-13-7-10-16-8-5-4-6-9-16)28-22(24-15)17-11-12-18(26-2)19(14-17)27-3/h4-6,8-9,11-12,14H,7,10,13H2,1-3H3,(H,23,25). The number of carbonyl (C=O) groups is 1. The van der Waals surface area contributed by atoms with Crippen LogP contribution in [0.3, 0.4) is 0 Å². The highest BCUT2D eigenvalue weighted by atomic mass is 32.1. The van der Waals surface area contributed by atoms with Gasteiger partial charge in [-0.25, -0.2) is 4.98 Å². The van der Waals surface area contributed by atoms with Crippen molar-refractivity contribution < 1.29 is 14.3 Å². The Labute approximate surface area is 169 Å². The molecule has 146 valence electrons. The summed E-state index contributed by atoms with van der Waals surface area (Å²) >= 11 is 1.39. The van der Waals surface area contributed by atoms with Crippen molar-refractivity contribution in [3.63, 3.8) is 0 Å². The van der Waals surface area contributed by atoms with Crippen LogP contribution in [0.1, 0.15) is 27.3 Å². The quantitative estimate of drug-likeness (QED) is 0.570. The normalized spacial score (nSPS) is 10.5. The van der Waals surface area contributed by atoms with Crippen molar-refractivity contribution in [1.82, 2.24) is 10.3 Å². The molecule has 2 aromatic carbocycles. The first-order chi connectivity index (χ1) is 13.6. The predicted molar refractivity (Wildman–Crippen MR) is 112 cm³/mol. The molecular weight excluding hydrogens is 372 g/mol. The maximum atomic E-state index is 12.6. The summed E-state index contributed by atoms with van der Waals surface area (Å²) in [6.45, 7) is 2.50. The highest BCUT2D eigenvalue weighted by Gasteiger charge is 2.17. The Morgan fingerprint density at radius 3 is 2.54 bits per heavy atom. The molecule has 0 spiro atoms. The molecule has 1 heterocycles. The molecule has 0 aliphatic rings. The lowest BCUT2D eigenvalue weighted by molar-refractivity contribution is 0.0956. The summed E-state index contributed by atoms with van der Waals surface area (Å²) in [5.41, 5.74) is 2.91. The largest absolute Gasteiger partial charge is 0.493 e. The molecule has 6 heteroatoms. The number of amides is 1. The highest BCUT2D eigenvalue weighted by molar-refractivity contribution is 7.17. The second-order valence-electron chi connectivity index (χ2n) is 6.35. The van der Waals surface area contributed by atoms with Gasteiger partial charge in [-0.2, -0.15) is 0 Å². The fourth-order valence-electron chi connectivity index (χ4n) is 2.92. The summed E-state index contributed by atoms with van der Waals surface area (Å²) in [4.78, 5) is 17.8. The number of ether oxygens (including phenoxy) is 2. The van der Waals surface area contributed by atoms with Crippen LogP contribution in [0.15, 0.2) is 48.5 Å². The van der Waals surface area contributed by atoms with Gasteiger partial charge in [0.2, 0.25) is 0 Å². The molecule has 0 saturated carbocycles. The zero-order chi connectivity index (χ0) is 19.9. The third-order valence-electron chi connectivity index (χ3n) is 4.40. The average molecular weight is 397 g/mol. The van der Waals surface area contributed by atoms with E-state index in [1.54, 1.807) is 14.2 Å². The number of hydrogen-bond acceptors (Lipinski definition) is 5. The lowest BCUT2D eigenvalue weighted by atomic mass is 10.1. The van der Waals surface area contributed by atoms with E-state index in [1.165, 1.54) is 16.9 Å². The lowest BCUT2D eigenvalue weighted by Gasteiger charge is -2.08. The van der Waals surface area contributed by atoms with Crippen LogP contribution in [0.5, 0.6) is 11.5 Å². The van der Waals surface area contributed by atoms with Crippen molar-refractivity contribution in [2.45, 2.75) is 19.8 Å². The van der Waals surface area contributed by atoms with Crippen molar-refractivity contribution in [3.05, 3.63) is 64.7 Å². The Balaban J connectivity index is 1.64. The average Bonchev–Trinajstić information content (AvgIpc) is 3.13. The van der Waals surface area contributed by atoms with Gasteiger partial charge in [-0.15, -0.1) is 11.3 Å². The first kappa shape index (κ1) is 19.9. The molecule has 0 aliphatic heterocycles. The molecule has 28 heavy (non-hydrogen) atoms. The van der Waals surface area contributed by atoms with E-state index in [0.29, 0.717) is 22.9 Å². The second kappa shape index (κ2) is 9.37. The van der Waals surface area contributed by atoms with Gasteiger partial charge in [0.15, 0.2) is 11.5 Å². The summed E-state index contributed by atoms with van der Waals surface area (Å²) in [7, 11) is 3.20. The van der Waals surface area contributed by atoms with Gasteiger partial charge in [-0.1, -0.05) is 30.3 Å². The summed E-state index contributed by atoms with van der Waals surface area (Å²) < 4.78 is 10.6. The third-order valence-corrected chi connectivity index (χ3v) is 5.61. The van der Waals surface area contributed by atoms with Crippen LogP contribution < -0.4 is 14.8 Å². The molecule has 0 saturated heterocycles. The SMILES string of the molecule is COc1ccc(-c2nc(C)c(C(=O)NCCCc3ccccc3)s2)cc1OC. The van der Waals surface area contributed by atoms with Gasteiger partial charge in [-0.05, 0) is 43.5 Å². The minimum Gasteiger partial charge on any atom is -0.493 e. The Hall–Kier alpha value is -2.86. The van der Waals surface area contributed by atoms with Crippen LogP contribution in [0, 0.1) is 6.92 Å². The number of carbonyl (C=O) groups excluding carboxylic acids is 1. The molecule has 1 aromatic heterocycles. The van der Waals surface area contributed by atoms with Gasteiger partial charge in [0.25, 0.3) is 5.91 Å². The van der Waals surface area contributed by atoms with Crippen LogP contribution in [0.4, 0.5) is 0 Å². The molecular formula is C22H24N2O3S. The summed E-state index contributed by atoms with van der Waals surface area (Å²) in [5.74, 6) is 1.23. The van der Waals surface area contributed by atoms with Gasteiger partial charge < -0.3 is 14.8 Å². The molecule has 0 bridgehead atoms. The molecule has 0 aliphatic carbocycles. The zero-order valence-corrected chi connectivity index (χ0v) is 17.1. The fourth-order valence-corrected chi connectivity index (χ4v) is 3.90. The molecule has 1 N–H and O–H groups in total. The maximum absolute atomic E-state index is 12.6. The van der Waals surface area contributed by atoms with Crippen LogP contribution >= 0.6 is 11.3 Å². The first-order valence-corrected chi connectivity index (χ1v) is 9.96. The number of methoxy groups -OCH3 is 2. The minimum absolute atomic E-state index is 0.0743. The number of nitrogens with zero attached hydrogens (tertiary/aromatic N) is 1.